The molecule has 0 aromatic heterocycles. The monoisotopic (exact) mass is 852 g/mol. The summed E-state index contributed by atoms with van der Waals surface area (Å²) in [6.45, 7) is 0. The molecule has 308 valence electrons. The molecule has 0 atom stereocenters. The zero-order valence-corrected chi connectivity index (χ0v) is 36.8. The molecule has 0 saturated heterocycles. The van der Waals surface area contributed by atoms with Crippen LogP contribution in [0.4, 0.5) is 0 Å². The molecule has 0 N–H and O–H groups in total. The minimum Gasteiger partial charge on any atom is -0.0622 e. The van der Waals surface area contributed by atoms with Crippen molar-refractivity contribution in [3.8, 4) is 55.6 Å². The Morgan fingerprint density at radius 1 is 0.162 bits per heavy atom. The molecule has 0 spiro atoms. The first-order valence-corrected chi connectivity index (χ1v) is 23.9. The van der Waals surface area contributed by atoms with E-state index in [1.807, 2.05) is 0 Å². The van der Waals surface area contributed by atoms with Crippen molar-refractivity contribution in [3.05, 3.63) is 218 Å². The van der Waals surface area contributed by atoms with E-state index >= 15 is 0 Å². The van der Waals surface area contributed by atoms with Gasteiger partial charge in [-0.2, -0.15) is 0 Å². The maximum absolute atomic E-state index is 2.48. The summed E-state index contributed by atoms with van der Waals surface area (Å²) in [6.07, 6.45) is 0. The molecule has 17 rings (SSSR count). The summed E-state index contributed by atoms with van der Waals surface area (Å²) in [6, 6.07) is 82.8. The lowest BCUT2D eigenvalue weighted by Crippen LogP contribution is -1.93. The van der Waals surface area contributed by atoms with E-state index in [1.165, 1.54) is 174 Å². The normalized spacial score (nSPS) is 12.7. The van der Waals surface area contributed by atoms with Crippen molar-refractivity contribution < 1.29 is 0 Å². The maximum atomic E-state index is 2.48. The minimum atomic E-state index is 1.25. The van der Waals surface area contributed by atoms with Crippen LogP contribution < -0.4 is 0 Å². The molecule has 1 aliphatic carbocycles. The van der Waals surface area contributed by atoms with Crippen molar-refractivity contribution in [2.24, 2.45) is 0 Å². The summed E-state index contributed by atoms with van der Waals surface area (Å²) in [4.78, 5) is 0. The summed E-state index contributed by atoms with van der Waals surface area (Å²) in [5.74, 6) is 0. The van der Waals surface area contributed by atoms with Crippen molar-refractivity contribution >= 4 is 118 Å². The maximum Gasteiger partial charge on any atom is -0.000696 e. The molecule has 1 aliphatic rings. The third kappa shape index (κ3) is 4.16. The van der Waals surface area contributed by atoms with Gasteiger partial charge in [-0.3, -0.25) is 0 Å². The fourth-order valence-corrected chi connectivity index (χ4v) is 13.7. The van der Waals surface area contributed by atoms with Gasteiger partial charge in [-0.1, -0.05) is 212 Å². The fraction of sp³-hybridized carbons (Fsp3) is 0. The Morgan fingerprint density at radius 2 is 0.500 bits per heavy atom. The molecular formula is C68H36. The first kappa shape index (κ1) is 35.4. The van der Waals surface area contributed by atoms with Gasteiger partial charge < -0.3 is 0 Å². The summed E-state index contributed by atoms with van der Waals surface area (Å²) < 4.78 is 0. The van der Waals surface area contributed by atoms with Gasteiger partial charge in [0, 0.05) is 0 Å². The first-order valence-electron chi connectivity index (χ1n) is 23.9. The Hall–Kier alpha value is -8.84. The highest BCUT2D eigenvalue weighted by Gasteiger charge is 2.33. The fourth-order valence-electron chi connectivity index (χ4n) is 13.7. The Kier molecular flexibility index (Phi) is 6.53. The number of fused-ring (bicyclic) bond motifs is 15. The molecule has 0 nitrogen and oxygen atoms in total. The van der Waals surface area contributed by atoms with Crippen LogP contribution in [0.25, 0.3) is 174 Å². The van der Waals surface area contributed by atoms with Crippen molar-refractivity contribution in [2.45, 2.75) is 0 Å². The lowest BCUT2D eigenvalue weighted by atomic mass is 9.82. The van der Waals surface area contributed by atoms with Gasteiger partial charge in [0.15, 0.2) is 0 Å². The molecule has 0 unspecified atom stereocenters. The predicted molar refractivity (Wildman–Crippen MR) is 293 cm³/mol. The Labute approximate surface area is 390 Å². The van der Waals surface area contributed by atoms with E-state index in [2.05, 4.69) is 218 Å². The molecule has 0 fully saturated rings. The summed E-state index contributed by atoms with van der Waals surface area (Å²) >= 11 is 0. The van der Waals surface area contributed by atoms with E-state index in [0.717, 1.165) is 0 Å². The molecule has 0 saturated carbocycles. The van der Waals surface area contributed by atoms with Gasteiger partial charge in [-0.15, -0.1) is 0 Å². The van der Waals surface area contributed by atoms with Crippen molar-refractivity contribution in [1.82, 2.24) is 0 Å². The molecule has 0 bridgehead atoms. The summed E-state index contributed by atoms with van der Waals surface area (Å²) in [5.41, 5.74) is 13.0. The molecule has 0 heteroatoms. The van der Waals surface area contributed by atoms with Crippen LogP contribution in [-0.4, -0.2) is 0 Å². The first-order chi connectivity index (χ1) is 33.8. The molecule has 16 aromatic carbocycles. The third-order valence-corrected chi connectivity index (χ3v) is 16.2. The zero-order chi connectivity index (χ0) is 43.9. The lowest BCUT2D eigenvalue weighted by Gasteiger charge is -2.20. The van der Waals surface area contributed by atoms with Gasteiger partial charge >= 0.3 is 0 Å². The topological polar surface area (TPSA) is 0 Å². The van der Waals surface area contributed by atoms with Crippen LogP contribution in [0.1, 0.15) is 0 Å². The van der Waals surface area contributed by atoms with Crippen LogP contribution in [-0.2, 0) is 0 Å². The van der Waals surface area contributed by atoms with Crippen LogP contribution in [0.3, 0.4) is 0 Å². The number of hydrogen-bond donors (Lipinski definition) is 0. The van der Waals surface area contributed by atoms with Gasteiger partial charge in [0.1, 0.15) is 0 Å². The average molecular weight is 853 g/mol. The lowest BCUT2D eigenvalue weighted by molar-refractivity contribution is 1.62. The molecular weight excluding hydrogens is 817 g/mol. The minimum absolute atomic E-state index is 1.25. The average Bonchev–Trinajstić information content (AvgIpc) is 4.05. The van der Waals surface area contributed by atoms with E-state index in [4.69, 9.17) is 0 Å². The van der Waals surface area contributed by atoms with E-state index in [9.17, 15) is 0 Å². The highest BCUT2D eigenvalue weighted by molar-refractivity contribution is 6.52. The Morgan fingerprint density at radius 3 is 1.06 bits per heavy atom. The van der Waals surface area contributed by atoms with Crippen LogP contribution in [0.2, 0.25) is 0 Å². The molecule has 0 heterocycles. The Balaban J connectivity index is 1.06. The zero-order valence-electron chi connectivity index (χ0n) is 36.8. The largest absolute Gasteiger partial charge is 0.0622 e. The van der Waals surface area contributed by atoms with E-state index in [0.29, 0.717) is 0 Å². The van der Waals surface area contributed by atoms with Crippen LogP contribution in [0.5, 0.6) is 0 Å². The molecule has 0 amide bonds. The van der Waals surface area contributed by atoms with E-state index in [1.54, 1.807) is 0 Å². The van der Waals surface area contributed by atoms with E-state index in [-0.39, 0.29) is 0 Å². The van der Waals surface area contributed by atoms with Crippen molar-refractivity contribution in [3.63, 3.8) is 0 Å². The summed E-state index contributed by atoms with van der Waals surface area (Å²) in [7, 11) is 0. The number of rotatable bonds is 3. The third-order valence-electron chi connectivity index (χ3n) is 16.2. The summed E-state index contributed by atoms with van der Waals surface area (Å²) in [5, 5.41) is 29.5. The second-order valence-electron chi connectivity index (χ2n) is 19.2. The predicted octanol–water partition coefficient (Wildman–Crippen LogP) is 19.3. The van der Waals surface area contributed by atoms with Gasteiger partial charge in [0.25, 0.3) is 0 Å². The molecule has 16 aromatic rings. The number of benzene rings is 14. The van der Waals surface area contributed by atoms with Gasteiger partial charge in [-0.25, -0.2) is 0 Å². The van der Waals surface area contributed by atoms with E-state index < -0.39 is 0 Å². The molecule has 0 aliphatic heterocycles. The van der Waals surface area contributed by atoms with Gasteiger partial charge in [-0.05, 0) is 180 Å². The highest BCUT2D eigenvalue weighted by Crippen LogP contribution is 2.61. The second kappa shape index (κ2) is 12.5. The quantitative estimate of drug-likeness (QED) is 0.123. The SMILES string of the molecule is c1ccc(-c2c3c(c(-c4ccccc4)c4ccccc24)-c2ccc4c5ccc6c7c(ccc(c8ccc-3c2c84)c57)c2c(-c3ccccc3)c3cc4ccccc4c4c5ccccc5c(c62)c34)cc1. The van der Waals surface area contributed by atoms with Crippen LogP contribution in [0, 0.1) is 0 Å². The second-order valence-corrected chi connectivity index (χ2v) is 19.2. The van der Waals surface area contributed by atoms with Gasteiger partial charge in [0.05, 0.1) is 0 Å². The smallest absolute Gasteiger partial charge is 0.000696 e. The van der Waals surface area contributed by atoms with Crippen molar-refractivity contribution in [2.75, 3.05) is 0 Å². The molecule has 68 heavy (non-hydrogen) atoms. The number of hydrogen-bond acceptors (Lipinski definition) is 0. The Bertz CT molecular complexity index is 4710. The molecule has 0 radical (unpaired) electrons. The highest BCUT2D eigenvalue weighted by atomic mass is 14.4. The van der Waals surface area contributed by atoms with Crippen LogP contribution >= 0.6 is 0 Å². The standard InChI is InChI=1S/C68H36/c1-4-16-37(17-5-1)55-42-24-12-13-25-43(42)56(38-18-6-2-7-19-38)65-51-33-29-47-49-31-35-53-62-52(34-30-48(60(49)62)46-28-32-50(64(55)65)61(51)59(46)47)66-57(39-20-8-3-9-21-39)54-36-40-22-10-11-23-41(40)58-44-26-14-15-27-45(44)63(67(53)66)68(54)58/h1-36H. The van der Waals surface area contributed by atoms with Crippen molar-refractivity contribution in [1.29, 1.82) is 0 Å². The van der Waals surface area contributed by atoms with Gasteiger partial charge in [0.2, 0.25) is 0 Å². The van der Waals surface area contributed by atoms with Crippen LogP contribution in [0.15, 0.2) is 218 Å².